The predicted molar refractivity (Wildman–Crippen MR) is 108 cm³/mol. The number of hydrogen-bond acceptors (Lipinski definition) is 5. The SMILES string of the molecule is CCn1c(=O)[nH]c2ccc(N3CCN(c4ccc(C(F)(F)F)cn4)CC3)cc2c1=O. The van der Waals surface area contributed by atoms with Crippen LogP contribution in [0.3, 0.4) is 0 Å². The number of nitrogens with zero attached hydrogens (tertiary/aromatic N) is 4. The molecular formula is C20H20F3N5O2. The number of benzene rings is 1. The molecule has 4 rings (SSSR count). The molecule has 0 bridgehead atoms. The van der Waals surface area contributed by atoms with Crippen molar-refractivity contribution >= 4 is 22.4 Å². The van der Waals surface area contributed by atoms with E-state index in [9.17, 15) is 22.8 Å². The first kappa shape index (κ1) is 20.0. The van der Waals surface area contributed by atoms with Crippen LogP contribution in [0.15, 0.2) is 46.1 Å². The summed E-state index contributed by atoms with van der Waals surface area (Å²) in [6, 6.07) is 7.76. The van der Waals surface area contributed by atoms with Crippen LogP contribution in [0.2, 0.25) is 0 Å². The highest BCUT2D eigenvalue weighted by Crippen LogP contribution is 2.29. The third-order valence-corrected chi connectivity index (χ3v) is 5.33. The van der Waals surface area contributed by atoms with E-state index in [4.69, 9.17) is 0 Å². The number of alkyl halides is 3. The Kier molecular flexibility index (Phi) is 5.00. The van der Waals surface area contributed by atoms with E-state index in [1.807, 2.05) is 11.0 Å². The lowest BCUT2D eigenvalue weighted by Crippen LogP contribution is -2.47. The van der Waals surface area contributed by atoms with E-state index in [0.717, 1.165) is 22.5 Å². The van der Waals surface area contributed by atoms with Gasteiger partial charge in [0.2, 0.25) is 0 Å². The molecule has 1 aliphatic rings. The second-order valence-electron chi connectivity index (χ2n) is 7.09. The molecule has 1 aliphatic heterocycles. The largest absolute Gasteiger partial charge is 0.417 e. The standard InChI is InChI=1S/C20H20F3N5O2/c1-2-28-18(29)15-11-14(4-5-16(15)25-19(28)30)26-7-9-27(10-8-26)17-6-3-13(12-24-17)20(21,22)23/h3-6,11-12H,2,7-10H2,1H3,(H,25,30). The first-order chi connectivity index (χ1) is 14.3. The Morgan fingerprint density at radius 1 is 1.03 bits per heavy atom. The highest BCUT2D eigenvalue weighted by molar-refractivity contribution is 5.81. The van der Waals surface area contributed by atoms with Gasteiger partial charge in [0.25, 0.3) is 5.56 Å². The van der Waals surface area contributed by atoms with E-state index in [1.54, 1.807) is 19.1 Å². The molecule has 0 atom stereocenters. The Balaban J connectivity index is 1.52. The van der Waals surface area contributed by atoms with Crippen molar-refractivity contribution in [3.05, 3.63) is 62.9 Å². The van der Waals surface area contributed by atoms with Crippen LogP contribution in [0.5, 0.6) is 0 Å². The molecular weight excluding hydrogens is 399 g/mol. The molecule has 0 aliphatic carbocycles. The molecule has 1 aromatic carbocycles. The molecule has 3 heterocycles. The van der Waals surface area contributed by atoms with Gasteiger partial charge < -0.3 is 14.8 Å². The van der Waals surface area contributed by atoms with E-state index >= 15 is 0 Å². The van der Waals surface area contributed by atoms with Crippen molar-refractivity contribution in [2.45, 2.75) is 19.6 Å². The van der Waals surface area contributed by atoms with Crippen LogP contribution in [0.25, 0.3) is 10.9 Å². The normalized spacial score (nSPS) is 15.1. The highest BCUT2D eigenvalue weighted by atomic mass is 19.4. The molecule has 30 heavy (non-hydrogen) atoms. The monoisotopic (exact) mass is 419 g/mol. The molecule has 158 valence electrons. The van der Waals surface area contributed by atoms with Gasteiger partial charge in [-0.1, -0.05) is 0 Å². The van der Waals surface area contributed by atoms with E-state index < -0.39 is 17.4 Å². The maximum atomic E-state index is 12.7. The number of rotatable bonds is 3. The third kappa shape index (κ3) is 3.64. The first-order valence-electron chi connectivity index (χ1n) is 9.58. The van der Waals surface area contributed by atoms with Crippen molar-refractivity contribution in [3.63, 3.8) is 0 Å². The van der Waals surface area contributed by atoms with Gasteiger partial charge in [-0.25, -0.2) is 9.78 Å². The summed E-state index contributed by atoms with van der Waals surface area (Å²) in [4.78, 5) is 35.2. The quantitative estimate of drug-likeness (QED) is 0.706. The average molecular weight is 419 g/mol. The Morgan fingerprint density at radius 2 is 1.73 bits per heavy atom. The van der Waals surface area contributed by atoms with Crippen molar-refractivity contribution in [2.75, 3.05) is 36.0 Å². The number of nitrogens with one attached hydrogen (secondary N) is 1. The number of fused-ring (bicyclic) bond motifs is 1. The molecule has 1 N–H and O–H groups in total. The van der Waals surface area contributed by atoms with Gasteiger partial charge in [0.05, 0.1) is 16.5 Å². The van der Waals surface area contributed by atoms with Gasteiger partial charge in [-0.3, -0.25) is 9.36 Å². The zero-order chi connectivity index (χ0) is 21.5. The van der Waals surface area contributed by atoms with Crippen LogP contribution in [-0.2, 0) is 12.7 Å². The van der Waals surface area contributed by atoms with Gasteiger partial charge in [0.1, 0.15) is 5.82 Å². The van der Waals surface area contributed by atoms with Crippen molar-refractivity contribution in [1.29, 1.82) is 0 Å². The highest BCUT2D eigenvalue weighted by Gasteiger charge is 2.31. The predicted octanol–water partition coefficient (Wildman–Crippen LogP) is 2.45. The van der Waals surface area contributed by atoms with Gasteiger partial charge in [-0.2, -0.15) is 13.2 Å². The molecule has 3 aromatic rings. The number of pyridine rings is 1. The topological polar surface area (TPSA) is 74.2 Å². The third-order valence-electron chi connectivity index (χ3n) is 5.33. The fraction of sp³-hybridized carbons (Fsp3) is 0.350. The lowest BCUT2D eigenvalue weighted by molar-refractivity contribution is -0.137. The Morgan fingerprint density at radius 3 is 2.33 bits per heavy atom. The Labute approximate surface area is 169 Å². The second kappa shape index (κ2) is 7.51. The van der Waals surface area contributed by atoms with Gasteiger partial charge in [-0.05, 0) is 37.3 Å². The number of H-pyrrole nitrogens is 1. The summed E-state index contributed by atoms with van der Waals surface area (Å²) in [6.45, 7) is 4.44. The molecule has 0 radical (unpaired) electrons. The lowest BCUT2D eigenvalue weighted by atomic mass is 10.2. The summed E-state index contributed by atoms with van der Waals surface area (Å²) in [5.74, 6) is 0.504. The maximum absolute atomic E-state index is 12.7. The Bertz CT molecular complexity index is 1180. The van der Waals surface area contributed by atoms with Crippen LogP contribution in [0.1, 0.15) is 12.5 Å². The fourth-order valence-corrected chi connectivity index (χ4v) is 3.66. The van der Waals surface area contributed by atoms with Crippen LogP contribution in [-0.4, -0.2) is 40.7 Å². The fourth-order valence-electron chi connectivity index (χ4n) is 3.66. The Hall–Kier alpha value is -3.30. The van der Waals surface area contributed by atoms with Gasteiger partial charge in [-0.15, -0.1) is 0 Å². The number of anilines is 2. The summed E-state index contributed by atoms with van der Waals surface area (Å²) < 4.78 is 39.3. The molecule has 0 amide bonds. The van der Waals surface area contributed by atoms with Crippen LogP contribution < -0.4 is 21.0 Å². The van der Waals surface area contributed by atoms with E-state index in [2.05, 4.69) is 14.9 Å². The smallest absolute Gasteiger partial charge is 0.368 e. The van der Waals surface area contributed by atoms with Crippen molar-refractivity contribution in [2.24, 2.45) is 0 Å². The van der Waals surface area contributed by atoms with Gasteiger partial charge >= 0.3 is 11.9 Å². The number of halogens is 3. The molecule has 7 nitrogen and oxygen atoms in total. The number of piperazine rings is 1. The van der Waals surface area contributed by atoms with E-state index in [1.165, 1.54) is 6.07 Å². The minimum absolute atomic E-state index is 0.285. The van der Waals surface area contributed by atoms with Crippen molar-refractivity contribution in [1.82, 2.24) is 14.5 Å². The van der Waals surface area contributed by atoms with Crippen molar-refractivity contribution < 1.29 is 13.2 Å². The second-order valence-corrected chi connectivity index (χ2v) is 7.09. The molecule has 0 saturated carbocycles. The van der Waals surface area contributed by atoms with Crippen LogP contribution in [0.4, 0.5) is 24.7 Å². The molecule has 10 heteroatoms. The number of aromatic amines is 1. The molecule has 1 fully saturated rings. The van der Waals surface area contributed by atoms with Crippen LogP contribution in [0, 0.1) is 0 Å². The minimum Gasteiger partial charge on any atom is -0.368 e. The van der Waals surface area contributed by atoms with Crippen molar-refractivity contribution in [3.8, 4) is 0 Å². The number of hydrogen-bond donors (Lipinski definition) is 1. The number of aromatic nitrogens is 3. The van der Waals surface area contributed by atoms with Gasteiger partial charge in [0.15, 0.2) is 0 Å². The molecule has 0 unspecified atom stereocenters. The lowest BCUT2D eigenvalue weighted by Gasteiger charge is -2.36. The van der Waals surface area contributed by atoms with E-state index in [0.29, 0.717) is 42.9 Å². The zero-order valence-corrected chi connectivity index (χ0v) is 16.2. The van der Waals surface area contributed by atoms with Gasteiger partial charge in [0, 0.05) is 44.6 Å². The molecule has 1 saturated heterocycles. The molecule has 0 spiro atoms. The van der Waals surface area contributed by atoms with E-state index in [-0.39, 0.29) is 12.1 Å². The average Bonchev–Trinajstić information content (AvgIpc) is 2.73. The van der Waals surface area contributed by atoms with Crippen LogP contribution >= 0.6 is 0 Å². The summed E-state index contributed by atoms with van der Waals surface area (Å²) >= 11 is 0. The first-order valence-corrected chi connectivity index (χ1v) is 9.58. The summed E-state index contributed by atoms with van der Waals surface area (Å²) in [7, 11) is 0. The minimum atomic E-state index is -4.40. The summed E-state index contributed by atoms with van der Waals surface area (Å²) in [5, 5.41) is 0.445. The zero-order valence-electron chi connectivity index (χ0n) is 16.2. The molecule has 2 aromatic heterocycles. The summed E-state index contributed by atoms with van der Waals surface area (Å²) in [5.41, 5.74) is -0.178. The maximum Gasteiger partial charge on any atom is 0.417 e. The summed E-state index contributed by atoms with van der Waals surface area (Å²) in [6.07, 6.45) is -3.55.